The first-order valence-corrected chi connectivity index (χ1v) is 5.32. The predicted molar refractivity (Wildman–Crippen MR) is 50.6 cm³/mol. The van der Waals surface area contributed by atoms with E-state index in [1.807, 2.05) is 18.4 Å². The third-order valence-electron chi connectivity index (χ3n) is 2.60. The van der Waals surface area contributed by atoms with Crippen LogP contribution in [0.5, 0.6) is 0 Å². The maximum atomic E-state index is 9.94. The Bertz CT molecular complexity index is 263. The summed E-state index contributed by atoms with van der Waals surface area (Å²) >= 11 is 1.38. The quantitative estimate of drug-likeness (QED) is 0.786. The molecule has 2 heterocycles. The van der Waals surface area contributed by atoms with Crippen molar-refractivity contribution in [2.45, 2.75) is 25.6 Å². The molecule has 1 aromatic heterocycles. The maximum absolute atomic E-state index is 9.94. The lowest BCUT2D eigenvalue weighted by Gasteiger charge is -2.18. The van der Waals surface area contributed by atoms with E-state index in [0.717, 1.165) is 18.7 Å². The molecule has 1 aliphatic rings. The molecule has 0 spiro atoms. The minimum Gasteiger partial charge on any atom is -0.386 e. The Kier molecular flexibility index (Phi) is 2.62. The second-order valence-electron chi connectivity index (χ2n) is 3.40. The van der Waals surface area contributed by atoms with Crippen LogP contribution in [0.1, 0.15) is 25.1 Å². The molecule has 0 aliphatic carbocycles. The molecule has 4 heteroatoms. The number of ether oxygens (including phenoxy) is 1. The van der Waals surface area contributed by atoms with Crippen molar-refractivity contribution >= 4 is 11.5 Å². The Balaban J connectivity index is 2.08. The Morgan fingerprint density at radius 2 is 2.62 bits per heavy atom. The monoisotopic (exact) mass is 199 g/mol. The summed E-state index contributed by atoms with van der Waals surface area (Å²) in [6.07, 6.45) is 0.625. The highest BCUT2D eigenvalue weighted by Gasteiger charge is 2.32. The van der Waals surface area contributed by atoms with Crippen LogP contribution in [0.25, 0.3) is 0 Å². The molecule has 0 amide bonds. The Morgan fingerprint density at radius 3 is 3.15 bits per heavy atom. The molecular weight excluding hydrogens is 186 g/mol. The van der Waals surface area contributed by atoms with Gasteiger partial charge in [-0.3, -0.25) is 0 Å². The smallest absolute Gasteiger partial charge is 0.102 e. The van der Waals surface area contributed by atoms with Crippen LogP contribution in [-0.4, -0.2) is 22.2 Å². The third kappa shape index (κ3) is 1.75. The molecular formula is C9H13NO2S. The van der Waals surface area contributed by atoms with E-state index in [9.17, 15) is 5.11 Å². The number of nitrogens with zero attached hydrogens (tertiary/aromatic N) is 1. The molecule has 3 nitrogen and oxygen atoms in total. The highest BCUT2D eigenvalue weighted by atomic mass is 32.1. The van der Waals surface area contributed by atoms with Gasteiger partial charge in [0.05, 0.1) is 11.8 Å². The number of aliphatic hydroxyl groups excluding tert-OH is 1. The van der Waals surface area contributed by atoms with Crippen molar-refractivity contribution < 1.29 is 9.84 Å². The Hall–Kier alpha value is -0.450. The van der Waals surface area contributed by atoms with Crippen LogP contribution >= 0.6 is 11.5 Å². The fourth-order valence-electron chi connectivity index (χ4n) is 1.76. The van der Waals surface area contributed by atoms with Gasteiger partial charge >= 0.3 is 0 Å². The molecule has 3 unspecified atom stereocenters. The minimum absolute atomic E-state index is 0.150. The van der Waals surface area contributed by atoms with Gasteiger partial charge in [-0.15, -0.1) is 0 Å². The second-order valence-corrected chi connectivity index (χ2v) is 4.06. The number of aromatic nitrogens is 1. The SMILES string of the molecule is CC1OCCC1C(O)c1ccsn1. The zero-order valence-electron chi connectivity index (χ0n) is 7.51. The second kappa shape index (κ2) is 3.74. The molecule has 0 radical (unpaired) electrons. The molecule has 0 bridgehead atoms. The Morgan fingerprint density at radius 1 is 1.77 bits per heavy atom. The minimum atomic E-state index is -0.455. The molecule has 3 atom stereocenters. The van der Waals surface area contributed by atoms with E-state index in [2.05, 4.69) is 4.37 Å². The van der Waals surface area contributed by atoms with Gasteiger partial charge in [-0.2, -0.15) is 4.37 Å². The number of hydrogen-bond donors (Lipinski definition) is 1. The van der Waals surface area contributed by atoms with Gasteiger partial charge in [0.2, 0.25) is 0 Å². The van der Waals surface area contributed by atoms with Crippen molar-refractivity contribution in [1.82, 2.24) is 4.37 Å². The zero-order chi connectivity index (χ0) is 9.26. The van der Waals surface area contributed by atoms with Crippen LogP contribution in [0.2, 0.25) is 0 Å². The van der Waals surface area contributed by atoms with Gasteiger partial charge in [0.15, 0.2) is 0 Å². The van der Waals surface area contributed by atoms with Crippen LogP contribution in [0.3, 0.4) is 0 Å². The van der Waals surface area contributed by atoms with E-state index < -0.39 is 6.10 Å². The molecule has 0 saturated carbocycles. The average molecular weight is 199 g/mol. The molecule has 13 heavy (non-hydrogen) atoms. The van der Waals surface area contributed by atoms with Crippen LogP contribution in [0.15, 0.2) is 11.4 Å². The molecule has 1 aliphatic heterocycles. The first-order chi connectivity index (χ1) is 6.29. The lowest BCUT2D eigenvalue weighted by atomic mass is 9.94. The van der Waals surface area contributed by atoms with Crippen molar-refractivity contribution in [3.05, 3.63) is 17.1 Å². The molecule has 1 N–H and O–H groups in total. The summed E-state index contributed by atoms with van der Waals surface area (Å²) in [6.45, 7) is 2.76. The van der Waals surface area contributed by atoms with Gasteiger partial charge in [0, 0.05) is 17.9 Å². The van der Waals surface area contributed by atoms with E-state index in [1.54, 1.807) is 0 Å². The van der Waals surface area contributed by atoms with Gasteiger partial charge in [-0.1, -0.05) is 0 Å². The molecule has 1 saturated heterocycles. The summed E-state index contributed by atoms with van der Waals surface area (Å²) in [5, 5.41) is 11.8. The maximum Gasteiger partial charge on any atom is 0.102 e. The number of rotatable bonds is 2. The predicted octanol–water partition coefficient (Wildman–Crippen LogP) is 1.60. The number of aliphatic hydroxyl groups is 1. The van der Waals surface area contributed by atoms with Crippen molar-refractivity contribution in [1.29, 1.82) is 0 Å². The summed E-state index contributed by atoms with van der Waals surface area (Å²) in [7, 11) is 0. The van der Waals surface area contributed by atoms with Crippen LogP contribution < -0.4 is 0 Å². The summed E-state index contributed by atoms with van der Waals surface area (Å²) in [5.41, 5.74) is 0.785. The van der Waals surface area contributed by atoms with Crippen LogP contribution in [0, 0.1) is 5.92 Å². The van der Waals surface area contributed by atoms with E-state index in [0.29, 0.717) is 0 Å². The van der Waals surface area contributed by atoms with E-state index in [1.165, 1.54) is 11.5 Å². The van der Waals surface area contributed by atoms with Crippen molar-refractivity contribution in [3.63, 3.8) is 0 Å². The summed E-state index contributed by atoms with van der Waals surface area (Å²) in [5.74, 6) is 0.210. The summed E-state index contributed by atoms with van der Waals surface area (Å²) in [4.78, 5) is 0. The fraction of sp³-hybridized carbons (Fsp3) is 0.667. The Labute approximate surface area is 81.5 Å². The molecule has 1 aromatic rings. The average Bonchev–Trinajstić information content (AvgIpc) is 2.72. The van der Waals surface area contributed by atoms with Gasteiger partial charge in [-0.25, -0.2) is 0 Å². The summed E-state index contributed by atoms with van der Waals surface area (Å²) < 4.78 is 9.53. The van der Waals surface area contributed by atoms with Gasteiger partial charge in [0.25, 0.3) is 0 Å². The largest absolute Gasteiger partial charge is 0.386 e. The fourth-order valence-corrected chi connectivity index (χ4v) is 2.31. The lowest BCUT2D eigenvalue weighted by Crippen LogP contribution is -2.19. The standard InChI is InChI=1S/C9H13NO2S/c1-6-7(2-4-12-6)9(11)8-3-5-13-10-8/h3,5-7,9,11H,2,4H2,1H3. The highest BCUT2D eigenvalue weighted by molar-refractivity contribution is 7.03. The van der Waals surface area contributed by atoms with Gasteiger partial charge in [-0.05, 0) is 30.9 Å². The van der Waals surface area contributed by atoms with E-state index in [-0.39, 0.29) is 12.0 Å². The lowest BCUT2D eigenvalue weighted by molar-refractivity contribution is 0.0415. The molecule has 0 aromatic carbocycles. The van der Waals surface area contributed by atoms with Crippen LogP contribution in [-0.2, 0) is 4.74 Å². The van der Waals surface area contributed by atoms with Crippen molar-refractivity contribution in [2.75, 3.05) is 6.61 Å². The molecule has 1 fully saturated rings. The topological polar surface area (TPSA) is 42.4 Å². The van der Waals surface area contributed by atoms with E-state index >= 15 is 0 Å². The zero-order valence-corrected chi connectivity index (χ0v) is 8.33. The highest BCUT2D eigenvalue weighted by Crippen LogP contribution is 2.32. The van der Waals surface area contributed by atoms with Crippen molar-refractivity contribution in [3.8, 4) is 0 Å². The van der Waals surface area contributed by atoms with Crippen molar-refractivity contribution in [2.24, 2.45) is 5.92 Å². The summed E-state index contributed by atoms with van der Waals surface area (Å²) in [6, 6.07) is 1.88. The molecule has 72 valence electrons. The normalized spacial score (nSPS) is 30.6. The number of hydrogen-bond acceptors (Lipinski definition) is 4. The first kappa shape index (κ1) is 9.12. The van der Waals surface area contributed by atoms with Crippen LogP contribution in [0.4, 0.5) is 0 Å². The molecule has 2 rings (SSSR count). The first-order valence-electron chi connectivity index (χ1n) is 4.49. The third-order valence-corrected chi connectivity index (χ3v) is 3.18. The van der Waals surface area contributed by atoms with E-state index in [4.69, 9.17) is 4.74 Å². The van der Waals surface area contributed by atoms with Gasteiger partial charge < -0.3 is 9.84 Å². The van der Waals surface area contributed by atoms with Gasteiger partial charge in [0.1, 0.15) is 6.10 Å².